The lowest BCUT2D eigenvalue weighted by molar-refractivity contribution is -0.138. The molecule has 1 saturated heterocycles. The summed E-state index contributed by atoms with van der Waals surface area (Å²) in [4.78, 5) is -0.333. The summed E-state index contributed by atoms with van der Waals surface area (Å²) in [5.41, 5.74) is -3.52. The van der Waals surface area contributed by atoms with Gasteiger partial charge in [-0.25, -0.2) is 8.42 Å². The van der Waals surface area contributed by atoms with E-state index >= 15 is 0 Å². The van der Waals surface area contributed by atoms with E-state index < -0.39 is 39.1 Å². The zero-order valence-electron chi connectivity index (χ0n) is 15.3. The van der Waals surface area contributed by atoms with Gasteiger partial charge in [-0.15, -0.1) is 0 Å². The molecule has 2 aromatic rings. The molecule has 0 aromatic heterocycles. The summed E-state index contributed by atoms with van der Waals surface area (Å²) in [7, 11) is -4.11. The van der Waals surface area contributed by atoms with Gasteiger partial charge in [0.05, 0.1) is 21.6 Å². The van der Waals surface area contributed by atoms with Crippen molar-refractivity contribution in [2.75, 3.05) is 13.1 Å². The largest absolute Gasteiger partial charge is 0.416 e. The molecule has 2 aromatic carbocycles. The monoisotopic (exact) mass is 453 g/mol. The molecule has 3 rings (SSSR count). The Kier molecular flexibility index (Phi) is 5.67. The van der Waals surface area contributed by atoms with Crippen molar-refractivity contribution >= 4 is 10.0 Å². The Bertz CT molecular complexity index is 1010. The van der Waals surface area contributed by atoms with Crippen LogP contribution in [0, 0.1) is 0 Å². The summed E-state index contributed by atoms with van der Waals surface area (Å²) in [5.74, 6) is 0. The first-order valence-electron chi connectivity index (χ1n) is 8.81. The fraction of sp³-hybridized carbons (Fsp3) is 0.368. The molecule has 0 bridgehead atoms. The van der Waals surface area contributed by atoms with Gasteiger partial charge in [0.2, 0.25) is 10.0 Å². The highest BCUT2D eigenvalue weighted by molar-refractivity contribution is 7.89. The number of rotatable bonds is 3. The number of sulfonamides is 1. The second-order valence-corrected chi connectivity index (χ2v) is 8.97. The number of hydrogen-bond donors (Lipinski definition) is 1. The van der Waals surface area contributed by atoms with Gasteiger partial charge in [0.25, 0.3) is 0 Å². The highest BCUT2D eigenvalue weighted by Gasteiger charge is 2.40. The molecule has 0 aliphatic carbocycles. The zero-order valence-corrected chi connectivity index (χ0v) is 16.2. The van der Waals surface area contributed by atoms with Crippen LogP contribution in [0.25, 0.3) is 0 Å². The average molecular weight is 453 g/mol. The zero-order chi connectivity index (χ0) is 22.4. The minimum atomic E-state index is -4.60. The summed E-state index contributed by atoms with van der Waals surface area (Å²) in [6.07, 6.45) is -9.50. The van der Waals surface area contributed by atoms with E-state index in [4.69, 9.17) is 0 Å². The SMILES string of the molecule is O=S(=O)(c1ccc(C(F)(F)F)cc1)N1CCC(O)(c2cccc(C(F)(F)F)c2)CC1. The van der Waals surface area contributed by atoms with Crippen molar-refractivity contribution < 1.29 is 39.9 Å². The minimum Gasteiger partial charge on any atom is -0.385 e. The molecule has 1 aliphatic rings. The molecule has 0 atom stereocenters. The summed E-state index contributed by atoms with van der Waals surface area (Å²) >= 11 is 0. The highest BCUT2D eigenvalue weighted by atomic mass is 32.2. The van der Waals surface area contributed by atoms with Crippen molar-refractivity contribution in [3.05, 3.63) is 65.2 Å². The van der Waals surface area contributed by atoms with Crippen molar-refractivity contribution in [2.24, 2.45) is 0 Å². The molecule has 0 radical (unpaired) electrons. The van der Waals surface area contributed by atoms with Gasteiger partial charge in [-0.1, -0.05) is 12.1 Å². The van der Waals surface area contributed by atoms with Crippen molar-refractivity contribution in [2.45, 2.75) is 35.7 Å². The van der Waals surface area contributed by atoms with E-state index in [-0.39, 0.29) is 36.4 Å². The van der Waals surface area contributed by atoms with E-state index in [0.717, 1.165) is 28.6 Å². The summed E-state index contributed by atoms with van der Waals surface area (Å²) in [6.45, 7) is -0.397. The maximum absolute atomic E-state index is 12.9. The number of alkyl halides is 6. The van der Waals surface area contributed by atoms with Crippen LogP contribution in [-0.2, 0) is 28.0 Å². The minimum absolute atomic E-state index is 0.0314. The fourth-order valence-corrected chi connectivity index (χ4v) is 4.78. The predicted octanol–water partition coefficient (Wildman–Crippen LogP) is 4.40. The average Bonchev–Trinajstić information content (AvgIpc) is 2.67. The van der Waals surface area contributed by atoms with Gasteiger partial charge in [0.1, 0.15) is 0 Å². The van der Waals surface area contributed by atoms with Crippen molar-refractivity contribution in [1.82, 2.24) is 4.31 Å². The van der Waals surface area contributed by atoms with Crippen LogP contribution in [0.2, 0.25) is 0 Å². The summed E-state index contributed by atoms with van der Waals surface area (Å²) in [5, 5.41) is 10.8. The molecule has 11 heteroatoms. The molecular formula is C19H17F6NO3S. The maximum atomic E-state index is 12.9. The molecular weight excluding hydrogens is 436 g/mol. The smallest absolute Gasteiger partial charge is 0.385 e. The Morgan fingerprint density at radius 2 is 1.37 bits per heavy atom. The normalized spacial score (nSPS) is 18.4. The van der Waals surface area contributed by atoms with Crippen LogP contribution in [-0.4, -0.2) is 30.9 Å². The van der Waals surface area contributed by atoms with E-state index in [1.165, 1.54) is 12.1 Å². The molecule has 164 valence electrons. The van der Waals surface area contributed by atoms with Gasteiger partial charge in [0.15, 0.2) is 0 Å². The van der Waals surface area contributed by atoms with E-state index in [1.54, 1.807) is 0 Å². The Balaban J connectivity index is 1.77. The Morgan fingerprint density at radius 1 is 0.833 bits per heavy atom. The van der Waals surface area contributed by atoms with Gasteiger partial charge in [-0.05, 0) is 54.8 Å². The molecule has 1 aliphatic heterocycles. The second-order valence-electron chi connectivity index (χ2n) is 7.04. The van der Waals surface area contributed by atoms with Gasteiger partial charge in [0, 0.05) is 13.1 Å². The number of aliphatic hydroxyl groups is 1. The Morgan fingerprint density at radius 3 is 1.87 bits per heavy atom. The molecule has 1 fully saturated rings. The number of nitrogens with zero attached hydrogens (tertiary/aromatic N) is 1. The highest BCUT2D eigenvalue weighted by Crippen LogP contribution is 2.38. The molecule has 0 spiro atoms. The molecule has 30 heavy (non-hydrogen) atoms. The fourth-order valence-electron chi connectivity index (χ4n) is 3.34. The van der Waals surface area contributed by atoms with E-state index in [1.807, 2.05) is 0 Å². The topological polar surface area (TPSA) is 57.6 Å². The molecule has 4 nitrogen and oxygen atoms in total. The number of piperidine rings is 1. The van der Waals surface area contributed by atoms with Crippen LogP contribution in [0.4, 0.5) is 26.3 Å². The standard InChI is InChI=1S/C19H17F6NO3S/c20-18(21,22)13-4-6-16(7-5-13)30(28,29)26-10-8-17(27,9-11-26)14-2-1-3-15(12-14)19(23,24)25/h1-7,12,27H,8-11H2. The van der Waals surface area contributed by atoms with Crippen molar-refractivity contribution in [3.63, 3.8) is 0 Å². The van der Waals surface area contributed by atoms with Crippen LogP contribution in [0.3, 0.4) is 0 Å². The third-order valence-corrected chi connectivity index (χ3v) is 7.01. The first-order valence-corrected chi connectivity index (χ1v) is 10.2. The van der Waals surface area contributed by atoms with E-state index in [0.29, 0.717) is 12.1 Å². The van der Waals surface area contributed by atoms with Gasteiger partial charge in [-0.2, -0.15) is 30.6 Å². The third kappa shape index (κ3) is 4.47. The number of hydrogen-bond acceptors (Lipinski definition) is 3. The van der Waals surface area contributed by atoms with Gasteiger partial charge in [-0.3, -0.25) is 0 Å². The maximum Gasteiger partial charge on any atom is 0.416 e. The van der Waals surface area contributed by atoms with Gasteiger partial charge < -0.3 is 5.11 Å². The van der Waals surface area contributed by atoms with Crippen LogP contribution < -0.4 is 0 Å². The number of benzene rings is 2. The second kappa shape index (κ2) is 7.54. The van der Waals surface area contributed by atoms with Crippen molar-refractivity contribution in [1.29, 1.82) is 0 Å². The molecule has 1 heterocycles. The van der Waals surface area contributed by atoms with Crippen molar-refractivity contribution in [3.8, 4) is 0 Å². The predicted molar refractivity (Wildman–Crippen MR) is 94.8 cm³/mol. The lowest BCUT2D eigenvalue weighted by Crippen LogP contribution is -2.45. The Hall–Kier alpha value is -2.11. The van der Waals surface area contributed by atoms with Crippen LogP contribution in [0.5, 0.6) is 0 Å². The quantitative estimate of drug-likeness (QED) is 0.702. The molecule has 0 unspecified atom stereocenters. The van der Waals surface area contributed by atoms with Crippen LogP contribution in [0.1, 0.15) is 29.5 Å². The van der Waals surface area contributed by atoms with Gasteiger partial charge >= 0.3 is 12.4 Å². The third-order valence-electron chi connectivity index (χ3n) is 5.10. The Labute approximate surface area is 168 Å². The first-order chi connectivity index (χ1) is 13.7. The molecule has 0 amide bonds. The molecule has 0 saturated carbocycles. The van der Waals surface area contributed by atoms with E-state index in [9.17, 15) is 39.9 Å². The lowest BCUT2D eigenvalue weighted by atomic mass is 9.84. The van der Waals surface area contributed by atoms with Crippen LogP contribution in [0.15, 0.2) is 53.4 Å². The molecule has 1 N–H and O–H groups in total. The summed E-state index contributed by atoms with van der Waals surface area (Å²) in [6, 6.07) is 7.25. The van der Waals surface area contributed by atoms with Crippen LogP contribution >= 0.6 is 0 Å². The van der Waals surface area contributed by atoms with E-state index in [2.05, 4.69) is 0 Å². The lowest BCUT2D eigenvalue weighted by Gasteiger charge is -2.38. The number of halogens is 6. The first kappa shape index (κ1) is 22.6. The summed E-state index contributed by atoms with van der Waals surface area (Å²) < 4.78 is 103.